The average molecular weight is 402 g/mol. The molecule has 1 N–H and O–H groups in total. The number of non-ortho nitro benzene ring substituents is 1. The highest BCUT2D eigenvalue weighted by molar-refractivity contribution is 6.30. The number of nitrogens with one attached hydrogen (secondary N) is 1. The average Bonchev–Trinajstić information content (AvgIpc) is 2.92. The highest BCUT2D eigenvalue weighted by Crippen LogP contribution is 2.27. The first-order valence-electron chi connectivity index (χ1n) is 8.39. The van der Waals surface area contributed by atoms with E-state index in [0.717, 1.165) is 4.90 Å². The molecule has 0 bridgehead atoms. The van der Waals surface area contributed by atoms with Crippen molar-refractivity contribution in [1.29, 1.82) is 0 Å². The van der Waals surface area contributed by atoms with Crippen molar-refractivity contribution in [2.75, 3.05) is 6.61 Å². The molecule has 0 unspecified atom stereocenters. The van der Waals surface area contributed by atoms with Crippen molar-refractivity contribution in [2.45, 2.75) is 13.5 Å². The summed E-state index contributed by atoms with van der Waals surface area (Å²) < 4.78 is 5.52. The van der Waals surface area contributed by atoms with Gasteiger partial charge < -0.3 is 10.1 Å². The van der Waals surface area contributed by atoms with E-state index in [4.69, 9.17) is 16.3 Å². The van der Waals surface area contributed by atoms with Crippen LogP contribution in [0.1, 0.15) is 18.1 Å². The SMILES string of the molecule is CCOc1ccc(Cl)cc1/C=C1\NC(=O)N(Cc2ccc([N+](=O)[O-])cc2)C1=O. The number of urea groups is 1. The largest absolute Gasteiger partial charge is 0.493 e. The first kappa shape index (κ1) is 19.4. The van der Waals surface area contributed by atoms with E-state index in [1.807, 2.05) is 6.92 Å². The molecule has 0 atom stereocenters. The number of nitrogens with zero attached hydrogens (tertiary/aromatic N) is 2. The molecule has 0 saturated carbocycles. The van der Waals surface area contributed by atoms with Gasteiger partial charge in [0.1, 0.15) is 11.4 Å². The zero-order valence-corrected chi connectivity index (χ0v) is 15.6. The lowest BCUT2D eigenvalue weighted by Crippen LogP contribution is -2.30. The first-order valence-corrected chi connectivity index (χ1v) is 8.77. The molecule has 144 valence electrons. The van der Waals surface area contributed by atoms with Gasteiger partial charge in [0, 0.05) is 22.7 Å². The minimum Gasteiger partial charge on any atom is -0.493 e. The van der Waals surface area contributed by atoms with Crippen LogP contribution in [0.4, 0.5) is 10.5 Å². The predicted octanol–water partition coefficient (Wildman–Crippen LogP) is 3.74. The molecule has 0 radical (unpaired) electrons. The fourth-order valence-electron chi connectivity index (χ4n) is 2.70. The van der Waals surface area contributed by atoms with Gasteiger partial charge in [-0.15, -0.1) is 0 Å². The number of hydrogen-bond donors (Lipinski definition) is 1. The standard InChI is InChI=1S/C19H16ClN3O5/c1-2-28-17-8-5-14(20)9-13(17)10-16-18(24)22(19(25)21-16)11-12-3-6-15(7-4-12)23(26)27/h3-10H,2,11H2,1H3,(H,21,25)/b16-10-. The van der Waals surface area contributed by atoms with E-state index in [1.165, 1.54) is 30.3 Å². The lowest BCUT2D eigenvalue weighted by Gasteiger charge is -2.11. The van der Waals surface area contributed by atoms with Crippen molar-refractivity contribution in [1.82, 2.24) is 10.2 Å². The van der Waals surface area contributed by atoms with Crippen LogP contribution in [0.5, 0.6) is 5.75 Å². The topological polar surface area (TPSA) is 102 Å². The molecule has 1 fully saturated rings. The fraction of sp³-hybridized carbons (Fsp3) is 0.158. The lowest BCUT2D eigenvalue weighted by atomic mass is 10.1. The number of carbonyl (C=O) groups excluding carboxylic acids is 2. The van der Waals surface area contributed by atoms with Crippen molar-refractivity contribution in [3.8, 4) is 5.75 Å². The Morgan fingerprint density at radius 3 is 2.57 bits per heavy atom. The Morgan fingerprint density at radius 2 is 1.93 bits per heavy atom. The van der Waals surface area contributed by atoms with Gasteiger partial charge in [-0.3, -0.25) is 19.8 Å². The number of nitro benzene ring substituents is 1. The van der Waals surface area contributed by atoms with Gasteiger partial charge in [-0.25, -0.2) is 4.79 Å². The molecule has 2 aromatic carbocycles. The van der Waals surface area contributed by atoms with E-state index in [1.54, 1.807) is 18.2 Å². The van der Waals surface area contributed by atoms with Gasteiger partial charge in [-0.1, -0.05) is 23.7 Å². The highest BCUT2D eigenvalue weighted by Gasteiger charge is 2.33. The fourth-order valence-corrected chi connectivity index (χ4v) is 2.88. The van der Waals surface area contributed by atoms with E-state index in [9.17, 15) is 19.7 Å². The molecule has 0 spiro atoms. The summed E-state index contributed by atoms with van der Waals surface area (Å²) in [5.74, 6) is 0.0287. The van der Waals surface area contributed by atoms with Crippen molar-refractivity contribution >= 4 is 35.3 Å². The predicted molar refractivity (Wildman–Crippen MR) is 103 cm³/mol. The Bertz CT molecular complexity index is 972. The summed E-state index contributed by atoms with van der Waals surface area (Å²) in [5, 5.41) is 13.7. The minimum atomic E-state index is -0.574. The number of benzene rings is 2. The zero-order chi connectivity index (χ0) is 20.3. The van der Waals surface area contributed by atoms with E-state index < -0.39 is 16.9 Å². The number of nitro groups is 1. The third kappa shape index (κ3) is 4.12. The lowest BCUT2D eigenvalue weighted by molar-refractivity contribution is -0.384. The number of ether oxygens (including phenoxy) is 1. The van der Waals surface area contributed by atoms with Gasteiger partial charge >= 0.3 is 6.03 Å². The van der Waals surface area contributed by atoms with Crippen molar-refractivity contribution in [3.05, 3.63) is 74.4 Å². The molecule has 1 aliphatic rings. The van der Waals surface area contributed by atoms with Crippen molar-refractivity contribution < 1.29 is 19.2 Å². The van der Waals surface area contributed by atoms with Crippen LogP contribution >= 0.6 is 11.6 Å². The molecule has 9 heteroatoms. The summed E-state index contributed by atoms with van der Waals surface area (Å²) in [7, 11) is 0. The monoisotopic (exact) mass is 401 g/mol. The first-order chi connectivity index (χ1) is 13.4. The van der Waals surface area contributed by atoms with Gasteiger partial charge in [0.25, 0.3) is 11.6 Å². The Balaban J connectivity index is 1.82. The molecule has 0 aliphatic carbocycles. The maximum absolute atomic E-state index is 12.6. The summed E-state index contributed by atoms with van der Waals surface area (Å²) >= 11 is 6.02. The molecule has 28 heavy (non-hydrogen) atoms. The molecular weight excluding hydrogens is 386 g/mol. The van der Waals surface area contributed by atoms with E-state index in [-0.39, 0.29) is 17.9 Å². The minimum absolute atomic E-state index is 0.00609. The summed E-state index contributed by atoms with van der Waals surface area (Å²) in [6.45, 7) is 2.26. The number of rotatable bonds is 6. The number of amides is 3. The van der Waals surface area contributed by atoms with Crippen LogP contribution in [0.15, 0.2) is 48.2 Å². The van der Waals surface area contributed by atoms with Crippen LogP contribution < -0.4 is 10.1 Å². The maximum atomic E-state index is 12.6. The summed E-state index contributed by atoms with van der Waals surface area (Å²) in [5.41, 5.74) is 1.18. The Labute approximate surface area is 165 Å². The maximum Gasteiger partial charge on any atom is 0.329 e. The Hall–Kier alpha value is -3.39. The number of carbonyl (C=O) groups is 2. The van der Waals surface area contributed by atoms with Gasteiger partial charge in [0.05, 0.1) is 18.1 Å². The van der Waals surface area contributed by atoms with Crippen molar-refractivity contribution in [3.63, 3.8) is 0 Å². The molecule has 3 amide bonds. The third-order valence-corrected chi connectivity index (χ3v) is 4.26. The van der Waals surface area contributed by atoms with Crippen molar-refractivity contribution in [2.24, 2.45) is 0 Å². The number of halogens is 1. The van der Waals surface area contributed by atoms with E-state index in [0.29, 0.717) is 28.5 Å². The molecule has 0 aromatic heterocycles. The van der Waals surface area contributed by atoms with Crippen LogP contribution in [0.3, 0.4) is 0 Å². The van der Waals surface area contributed by atoms with Crippen LogP contribution in [0, 0.1) is 10.1 Å². The smallest absolute Gasteiger partial charge is 0.329 e. The summed E-state index contributed by atoms with van der Waals surface area (Å²) in [6, 6.07) is 10.1. The third-order valence-electron chi connectivity index (χ3n) is 4.02. The van der Waals surface area contributed by atoms with Crippen LogP contribution in [-0.2, 0) is 11.3 Å². The molecule has 2 aromatic rings. The Kier molecular flexibility index (Phi) is 5.60. The van der Waals surface area contributed by atoms with Gasteiger partial charge in [-0.2, -0.15) is 0 Å². The molecular formula is C19H16ClN3O5. The van der Waals surface area contributed by atoms with Gasteiger partial charge in [0.15, 0.2) is 0 Å². The van der Waals surface area contributed by atoms with Crippen LogP contribution in [0.2, 0.25) is 5.02 Å². The molecule has 1 heterocycles. The molecule has 3 rings (SSSR count). The van der Waals surface area contributed by atoms with Crippen LogP contribution in [0.25, 0.3) is 6.08 Å². The number of hydrogen-bond acceptors (Lipinski definition) is 5. The zero-order valence-electron chi connectivity index (χ0n) is 14.8. The molecule has 1 aliphatic heterocycles. The summed E-state index contributed by atoms with van der Waals surface area (Å²) in [4.78, 5) is 36.1. The molecule has 1 saturated heterocycles. The van der Waals surface area contributed by atoms with E-state index >= 15 is 0 Å². The van der Waals surface area contributed by atoms with Crippen LogP contribution in [-0.4, -0.2) is 28.4 Å². The number of imide groups is 1. The van der Waals surface area contributed by atoms with E-state index in [2.05, 4.69) is 5.32 Å². The second-order valence-corrected chi connectivity index (χ2v) is 6.35. The summed E-state index contributed by atoms with van der Waals surface area (Å²) in [6.07, 6.45) is 1.51. The second-order valence-electron chi connectivity index (χ2n) is 5.92. The normalized spacial score (nSPS) is 15.1. The Morgan fingerprint density at radius 1 is 1.21 bits per heavy atom. The van der Waals surface area contributed by atoms with Gasteiger partial charge in [0.2, 0.25) is 0 Å². The quantitative estimate of drug-likeness (QED) is 0.344. The molecule has 8 nitrogen and oxygen atoms in total. The van der Waals surface area contributed by atoms with Gasteiger partial charge in [-0.05, 0) is 36.8 Å². The second kappa shape index (κ2) is 8.10. The highest BCUT2D eigenvalue weighted by atomic mass is 35.5.